The number of rotatable bonds is 3. The highest BCUT2D eigenvalue weighted by Crippen LogP contribution is 2.24. The van der Waals surface area contributed by atoms with Gasteiger partial charge in [0, 0.05) is 6.04 Å². The summed E-state index contributed by atoms with van der Waals surface area (Å²) in [5.74, 6) is 2.40. The number of anilines is 1. The van der Waals surface area contributed by atoms with Crippen molar-refractivity contribution in [2.75, 3.05) is 5.32 Å². The first kappa shape index (κ1) is 12.2. The van der Waals surface area contributed by atoms with Crippen molar-refractivity contribution in [1.82, 2.24) is 9.78 Å². The summed E-state index contributed by atoms with van der Waals surface area (Å²) in [4.78, 5) is 11.9. The molecule has 0 unspecified atom stereocenters. The molecule has 1 aliphatic carbocycles. The minimum atomic E-state index is -0.189. The number of halogens is 1. The van der Waals surface area contributed by atoms with Crippen LogP contribution < -0.4 is 10.9 Å². The van der Waals surface area contributed by atoms with Crippen molar-refractivity contribution >= 4 is 21.6 Å². The van der Waals surface area contributed by atoms with E-state index in [1.54, 1.807) is 6.20 Å². The summed E-state index contributed by atoms with van der Waals surface area (Å²) >= 11 is 3.30. The first-order valence-corrected chi connectivity index (χ1v) is 6.47. The van der Waals surface area contributed by atoms with Crippen LogP contribution in [0.3, 0.4) is 0 Å². The topological polar surface area (TPSA) is 46.9 Å². The van der Waals surface area contributed by atoms with Gasteiger partial charge in [0.15, 0.2) is 0 Å². The van der Waals surface area contributed by atoms with Crippen molar-refractivity contribution in [3.05, 3.63) is 21.0 Å². The fourth-order valence-electron chi connectivity index (χ4n) is 2.05. The second-order valence-corrected chi connectivity index (χ2v) is 4.96. The van der Waals surface area contributed by atoms with Crippen LogP contribution >= 0.6 is 15.9 Å². The van der Waals surface area contributed by atoms with Crippen LogP contribution in [0.4, 0.5) is 5.69 Å². The number of hydrogen-bond acceptors (Lipinski definition) is 3. The molecule has 2 rings (SSSR count). The predicted octanol–water partition coefficient (Wildman–Crippen LogP) is 1.99. The van der Waals surface area contributed by atoms with Crippen molar-refractivity contribution in [3.63, 3.8) is 0 Å². The molecule has 1 fully saturated rings. The lowest BCUT2D eigenvalue weighted by Gasteiger charge is -2.14. The maximum absolute atomic E-state index is 11.9. The molecule has 0 saturated heterocycles. The van der Waals surface area contributed by atoms with Crippen LogP contribution in [-0.4, -0.2) is 15.8 Å². The Bertz CT molecular complexity index is 497. The van der Waals surface area contributed by atoms with E-state index in [1.807, 2.05) is 0 Å². The van der Waals surface area contributed by atoms with Gasteiger partial charge in [-0.2, -0.15) is 5.10 Å². The van der Waals surface area contributed by atoms with Crippen LogP contribution in [0.1, 0.15) is 25.7 Å². The van der Waals surface area contributed by atoms with Crippen LogP contribution in [0.15, 0.2) is 15.5 Å². The average molecular weight is 296 g/mol. The Hall–Kier alpha value is -1.28. The van der Waals surface area contributed by atoms with Gasteiger partial charge in [0.2, 0.25) is 0 Å². The van der Waals surface area contributed by atoms with Gasteiger partial charge in [-0.15, -0.1) is 6.42 Å². The van der Waals surface area contributed by atoms with Gasteiger partial charge in [0.1, 0.15) is 11.0 Å². The first-order chi connectivity index (χ1) is 8.22. The Morgan fingerprint density at radius 3 is 2.94 bits per heavy atom. The molecule has 0 radical (unpaired) electrons. The van der Waals surface area contributed by atoms with E-state index in [0.29, 0.717) is 10.5 Å². The third kappa shape index (κ3) is 2.70. The maximum Gasteiger partial charge on any atom is 0.284 e. The fourth-order valence-corrected chi connectivity index (χ4v) is 2.48. The molecule has 0 atom stereocenters. The molecule has 1 saturated carbocycles. The maximum atomic E-state index is 11.9. The van der Waals surface area contributed by atoms with E-state index in [1.165, 1.54) is 17.5 Å². The lowest BCUT2D eigenvalue weighted by molar-refractivity contribution is 0.656. The molecule has 1 aromatic heterocycles. The minimum absolute atomic E-state index is 0.189. The molecule has 0 spiro atoms. The summed E-state index contributed by atoms with van der Waals surface area (Å²) in [6, 6.07) is 0.455. The van der Waals surface area contributed by atoms with Gasteiger partial charge < -0.3 is 5.32 Å². The van der Waals surface area contributed by atoms with E-state index in [2.05, 4.69) is 32.3 Å². The minimum Gasteiger partial charge on any atom is -0.380 e. The number of terminal acetylenes is 1. The Labute approximate surface area is 109 Å². The van der Waals surface area contributed by atoms with Crippen molar-refractivity contribution < 1.29 is 0 Å². The van der Waals surface area contributed by atoms with Crippen molar-refractivity contribution in [2.24, 2.45) is 0 Å². The highest BCUT2D eigenvalue weighted by atomic mass is 79.9. The Morgan fingerprint density at radius 1 is 1.59 bits per heavy atom. The van der Waals surface area contributed by atoms with E-state index in [0.717, 1.165) is 18.5 Å². The molecule has 0 aromatic carbocycles. The lowest BCUT2D eigenvalue weighted by Crippen LogP contribution is -2.25. The molecule has 1 aliphatic rings. The van der Waals surface area contributed by atoms with Crippen molar-refractivity contribution in [1.29, 1.82) is 0 Å². The summed E-state index contributed by atoms with van der Waals surface area (Å²) in [7, 11) is 0. The van der Waals surface area contributed by atoms with Gasteiger partial charge in [0.05, 0.1) is 11.9 Å². The molecule has 0 aliphatic heterocycles. The molecule has 0 bridgehead atoms. The Balaban J connectivity index is 2.21. The SMILES string of the molecule is C#CCn1ncc(NC2CCCC2)c(Br)c1=O. The molecular weight excluding hydrogens is 282 g/mol. The number of hydrogen-bond donors (Lipinski definition) is 1. The predicted molar refractivity (Wildman–Crippen MR) is 70.9 cm³/mol. The summed E-state index contributed by atoms with van der Waals surface area (Å²) in [5.41, 5.74) is 0.570. The first-order valence-electron chi connectivity index (χ1n) is 5.68. The molecule has 1 aromatic rings. The quantitative estimate of drug-likeness (QED) is 0.868. The Kier molecular flexibility index (Phi) is 3.85. The van der Waals surface area contributed by atoms with Gasteiger partial charge in [-0.3, -0.25) is 4.79 Å². The summed E-state index contributed by atoms with van der Waals surface area (Å²) in [6.07, 6.45) is 11.6. The normalized spacial score (nSPS) is 15.8. The molecule has 1 heterocycles. The highest BCUT2D eigenvalue weighted by Gasteiger charge is 2.17. The third-order valence-corrected chi connectivity index (χ3v) is 3.71. The van der Waals surface area contributed by atoms with Crippen molar-refractivity contribution in [2.45, 2.75) is 38.3 Å². The van der Waals surface area contributed by atoms with E-state index in [-0.39, 0.29) is 12.1 Å². The van der Waals surface area contributed by atoms with E-state index in [4.69, 9.17) is 6.42 Å². The van der Waals surface area contributed by atoms with Crippen LogP contribution in [0.25, 0.3) is 0 Å². The molecule has 90 valence electrons. The van der Waals surface area contributed by atoms with Crippen LogP contribution in [0, 0.1) is 12.3 Å². The van der Waals surface area contributed by atoms with Gasteiger partial charge in [-0.25, -0.2) is 4.68 Å². The van der Waals surface area contributed by atoms with E-state index >= 15 is 0 Å². The summed E-state index contributed by atoms with van der Waals surface area (Å²) < 4.78 is 1.78. The zero-order chi connectivity index (χ0) is 12.3. The fraction of sp³-hybridized carbons (Fsp3) is 0.500. The Morgan fingerprint density at radius 2 is 2.29 bits per heavy atom. The number of nitrogens with zero attached hydrogens (tertiary/aromatic N) is 2. The summed E-state index contributed by atoms with van der Waals surface area (Å²) in [5, 5.41) is 7.38. The zero-order valence-corrected chi connectivity index (χ0v) is 11.0. The van der Waals surface area contributed by atoms with Crippen LogP contribution in [-0.2, 0) is 6.54 Å². The molecule has 0 amide bonds. The smallest absolute Gasteiger partial charge is 0.284 e. The van der Waals surface area contributed by atoms with Crippen LogP contribution in [0.2, 0.25) is 0 Å². The number of aromatic nitrogens is 2. The lowest BCUT2D eigenvalue weighted by atomic mass is 10.2. The van der Waals surface area contributed by atoms with Gasteiger partial charge in [-0.05, 0) is 28.8 Å². The molecular formula is C12H14BrN3O. The second kappa shape index (κ2) is 5.37. The second-order valence-electron chi connectivity index (χ2n) is 4.16. The van der Waals surface area contributed by atoms with E-state index < -0.39 is 0 Å². The molecule has 17 heavy (non-hydrogen) atoms. The molecule has 5 heteroatoms. The van der Waals surface area contributed by atoms with E-state index in [9.17, 15) is 4.79 Å². The number of nitrogens with one attached hydrogen (secondary N) is 1. The van der Waals surface area contributed by atoms with Crippen LogP contribution in [0.5, 0.6) is 0 Å². The standard InChI is InChI=1S/C12H14BrN3O/c1-2-7-16-12(17)11(13)10(8-14-16)15-9-5-3-4-6-9/h1,8-9,15H,3-7H2. The average Bonchev–Trinajstić information content (AvgIpc) is 2.82. The van der Waals surface area contributed by atoms with Gasteiger partial charge in [-0.1, -0.05) is 18.8 Å². The molecule has 1 N–H and O–H groups in total. The highest BCUT2D eigenvalue weighted by molar-refractivity contribution is 9.10. The third-order valence-electron chi connectivity index (χ3n) is 2.94. The van der Waals surface area contributed by atoms with Gasteiger partial charge in [0.25, 0.3) is 5.56 Å². The molecule has 4 nitrogen and oxygen atoms in total. The largest absolute Gasteiger partial charge is 0.380 e. The van der Waals surface area contributed by atoms with Gasteiger partial charge >= 0.3 is 0 Å². The van der Waals surface area contributed by atoms with Crippen molar-refractivity contribution in [3.8, 4) is 12.3 Å². The summed E-state index contributed by atoms with van der Waals surface area (Å²) in [6.45, 7) is 0.196. The monoisotopic (exact) mass is 295 g/mol. The zero-order valence-electron chi connectivity index (χ0n) is 9.45.